The van der Waals surface area contributed by atoms with Gasteiger partial charge in [-0.05, 0) is 43.0 Å². The van der Waals surface area contributed by atoms with E-state index in [0.29, 0.717) is 11.3 Å². The molecule has 1 fully saturated rings. The van der Waals surface area contributed by atoms with Gasteiger partial charge < -0.3 is 10.6 Å². The molecule has 0 radical (unpaired) electrons. The number of benzene rings is 1. The van der Waals surface area contributed by atoms with E-state index in [1.54, 1.807) is 24.3 Å². The molecule has 1 aromatic carbocycles. The Morgan fingerprint density at radius 2 is 2.32 bits per heavy atom. The fraction of sp³-hybridized carbons (Fsp3) is 0.467. The van der Waals surface area contributed by atoms with Gasteiger partial charge in [0.15, 0.2) is 0 Å². The number of nitrogens with zero attached hydrogens (tertiary/aromatic N) is 1. The zero-order chi connectivity index (χ0) is 13.9. The van der Waals surface area contributed by atoms with Gasteiger partial charge in [-0.25, -0.2) is 0 Å². The summed E-state index contributed by atoms with van der Waals surface area (Å²) in [7, 11) is 0. The maximum atomic E-state index is 12.3. The Kier molecular flexibility index (Phi) is 3.87. The van der Waals surface area contributed by atoms with Crippen LogP contribution in [0.25, 0.3) is 0 Å². The van der Waals surface area contributed by atoms with Crippen molar-refractivity contribution in [3.63, 3.8) is 0 Å². The summed E-state index contributed by atoms with van der Waals surface area (Å²) in [4.78, 5) is 12.3. The topological polar surface area (TPSA) is 64.9 Å². The number of carbonyl (C=O) groups excluding carboxylic acids is 1. The highest BCUT2D eigenvalue weighted by molar-refractivity contribution is 5.95. The van der Waals surface area contributed by atoms with Gasteiger partial charge in [-0.3, -0.25) is 4.79 Å². The maximum Gasteiger partial charge on any atom is 0.242 e. The fourth-order valence-electron chi connectivity index (χ4n) is 2.54. The number of carbonyl (C=O) groups is 1. The van der Waals surface area contributed by atoms with Crippen molar-refractivity contribution < 1.29 is 4.79 Å². The molecule has 1 aliphatic heterocycles. The molecule has 1 amide bonds. The second kappa shape index (κ2) is 5.41. The van der Waals surface area contributed by atoms with Crippen LogP contribution in [0.15, 0.2) is 24.3 Å². The van der Waals surface area contributed by atoms with Gasteiger partial charge in [0, 0.05) is 5.69 Å². The van der Waals surface area contributed by atoms with Gasteiger partial charge in [0.2, 0.25) is 5.91 Å². The van der Waals surface area contributed by atoms with E-state index in [4.69, 9.17) is 5.26 Å². The molecule has 0 saturated carbocycles. The largest absolute Gasteiger partial charge is 0.325 e. The van der Waals surface area contributed by atoms with Crippen molar-refractivity contribution in [2.75, 3.05) is 11.9 Å². The first-order valence-corrected chi connectivity index (χ1v) is 6.57. The molecule has 0 aromatic heterocycles. The average Bonchev–Trinajstić information content (AvgIpc) is 2.38. The van der Waals surface area contributed by atoms with Crippen LogP contribution in [0, 0.1) is 16.7 Å². The van der Waals surface area contributed by atoms with Gasteiger partial charge in [-0.1, -0.05) is 19.9 Å². The van der Waals surface area contributed by atoms with Crippen molar-refractivity contribution in [2.24, 2.45) is 5.41 Å². The molecule has 1 unspecified atom stereocenters. The summed E-state index contributed by atoms with van der Waals surface area (Å²) in [6.07, 6.45) is 2.14. The van der Waals surface area contributed by atoms with Crippen molar-refractivity contribution in [1.82, 2.24) is 5.32 Å². The maximum absolute atomic E-state index is 12.3. The lowest BCUT2D eigenvalue weighted by Gasteiger charge is -2.38. The third-order valence-corrected chi connectivity index (χ3v) is 3.65. The van der Waals surface area contributed by atoms with Gasteiger partial charge in [-0.2, -0.15) is 5.26 Å². The average molecular weight is 257 g/mol. The lowest BCUT2D eigenvalue weighted by atomic mass is 9.77. The number of rotatable bonds is 2. The fourth-order valence-corrected chi connectivity index (χ4v) is 2.54. The molecule has 0 spiro atoms. The highest BCUT2D eigenvalue weighted by Gasteiger charge is 2.36. The van der Waals surface area contributed by atoms with Crippen LogP contribution in [0.5, 0.6) is 0 Å². The molecular weight excluding hydrogens is 238 g/mol. The van der Waals surface area contributed by atoms with Gasteiger partial charge >= 0.3 is 0 Å². The van der Waals surface area contributed by atoms with Crippen molar-refractivity contribution in [3.8, 4) is 6.07 Å². The SMILES string of the molecule is CC1(C)CCCNC1C(=O)Nc1cccc(C#N)c1. The van der Waals surface area contributed by atoms with Crippen LogP contribution in [-0.4, -0.2) is 18.5 Å². The van der Waals surface area contributed by atoms with Crippen LogP contribution in [0.1, 0.15) is 32.3 Å². The number of amides is 1. The lowest BCUT2D eigenvalue weighted by molar-refractivity contribution is -0.121. The quantitative estimate of drug-likeness (QED) is 0.854. The molecule has 19 heavy (non-hydrogen) atoms. The zero-order valence-electron chi connectivity index (χ0n) is 11.4. The summed E-state index contributed by atoms with van der Waals surface area (Å²) in [5.74, 6) is -0.0280. The summed E-state index contributed by atoms with van der Waals surface area (Å²) in [5.41, 5.74) is 1.18. The summed E-state index contributed by atoms with van der Waals surface area (Å²) in [6.45, 7) is 5.09. The number of nitriles is 1. The molecule has 2 rings (SSSR count). The minimum absolute atomic E-state index is 0.0280. The molecule has 1 saturated heterocycles. The predicted molar refractivity (Wildman–Crippen MR) is 74.6 cm³/mol. The van der Waals surface area contributed by atoms with Crippen molar-refractivity contribution in [1.29, 1.82) is 5.26 Å². The zero-order valence-corrected chi connectivity index (χ0v) is 11.4. The third-order valence-electron chi connectivity index (χ3n) is 3.65. The Labute approximate surface area is 113 Å². The Hall–Kier alpha value is -1.86. The Balaban J connectivity index is 2.10. The minimum atomic E-state index is -0.188. The molecule has 1 heterocycles. The van der Waals surface area contributed by atoms with Crippen LogP contribution >= 0.6 is 0 Å². The van der Waals surface area contributed by atoms with Crippen molar-refractivity contribution in [3.05, 3.63) is 29.8 Å². The summed E-state index contributed by atoms with van der Waals surface area (Å²) in [6, 6.07) is 8.86. The highest BCUT2D eigenvalue weighted by Crippen LogP contribution is 2.30. The molecule has 0 bridgehead atoms. The summed E-state index contributed by atoms with van der Waals surface area (Å²) in [5, 5.41) is 15.0. The normalized spacial score (nSPS) is 21.4. The van der Waals surface area contributed by atoms with E-state index in [9.17, 15) is 4.79 Å². The minimum Gasteiger partial charge on any atom is -0.325 e. The molecule has 1 aliphatic rings. The molecule has 2 N–H and O–H groups in total. The number of nitrogens with one attached hydrogen (secondary N) is 2. The van der Waals surface area contributed by atoms with Crippen molar-refractivity contribution >= 4 is 11.6 Å². The predicted octanol–water partition coefficient (Wildman–Crippen LogP) is 2.27. The van der Waals surface area contributed by atoms with E-state index < -0.39 is 0 Å². The summed E-state index contributed by atoms with van der Waals surface area (Å²) < 4.78 is 0. The standard InChI is InChI=1S/C15H19N3O/c1-15(2)7-4-8-17-13(15)14(19)18-12-6-3-5-11(9-12)10-16/h3,5-6,9,13,17H,4,7-8H2,1-2H3,(H,18,19). The van der Waals surface area contributed by atoms with Gasteiger partial charge in [0.1, 0.15) is 0 Å². The Morgan fingerprint density at radius 1 is 1.53 bits per heavy atom. The first kappa shape index (κ1) is 13.6. The molecule has 1 atom stereocenters. The number of hydrogen-bond donors (Lipinski definition) is 2. The van der Waals surface area contributed by atoms with E-state index in [0.717, 1.165) is 19.4 Å². The lowest BCUT2D eigenvalue weighted by Crippen LogP contribution is -2.53. The van der Waals surface area contributed by atoms with E-state index in [1.165, 1.54) is 0 Å². The Bertz CT molecular complexity index is 516. The van der Waals surface area contributed by atoms with E-state index in [1.807, 2.05) is 0 Å². The van der Waals surface area contributed by atoms with Crippen LogP contribution < -0.4 is 10.6 Å². The highest BCUT2D eigenvalue weighted by atomic mass is 16.2. The third kappa shape index (κ3) is 3.12. The van der Waals surface area contributed by atoms with E-state index in [-0.39, 0.29) is 17.4 Å². The first-order valence-electron chi connectivity index (χ1n) is 6.57. The molecule has 4 nitrogen and oxygen atoms in total. The first-order chi connectivity index (χ1) is 9.03. The molecule has 4 heteroatoms. The number of anilines is 1. The second-order valence-electron chi connectivity index (χ2n) is 5.66. The summed E-state index contributed by atoms with van der Waals surface area (Å²) >= 11 is 0. The van der Waals surface area contributed by atoms with Gasteiger partial charge in [0.25, 0.3) is 0 Å². The number of piperidine rings is 1. The molecule has 100 valence electrons. The van der Waals surface area contributed by atoms with Gasteiger partial charge in [0.05, 0.1) is 17.7 Å². The van der Waals surface area contributed by atoms with Crippen LogP contribution in [0.4, 0.5) is 5.69 Å². The number of hydrogen-bond acceptors (Lipinski definition) is 3. The second-order valence-corrected chi connectivity index (χ2v) is 5.66. The van der Waals surface area contributed by atoms with Crippen LogP contribution in [0.2, 0.25) is 0 Å². The van der Waals surface area contributed by atoms with Gasteiger partial charge in [-0.15, -0.1) is 0 Å². The van der Waals surface area contributed by atoms with Crippen LogP contribution in [0.3, 0.4) is 0 Å². The monoisotopic (exact) mass is 257 g/mol. The van der Waals surface area contributed by atoms with Crippen LogP contribution in [-0.2, 0) is 4.79 Å². The molecular formula is C15H19N3O. The molecule has 0 aliphatic carbocycles. The van der Waals surface area contributed by atoms with E-state index >= 15 is 0 Å². The van der Waals surface area contributed by atoms with Crippen molar-refractivity contribution in [2.45, 2.75) is 32.7 Å². The van der Waals surface area contributed by atoms with E-state index in [2.05, 4.69) is 30.6 Å². The smallest absolute Gasteiger partial charge is 0.242 e. The molecule has 1 aromatic rings. The Morgan fingerprint density at radius 3 is 3.00 bits per heavy atom.